The monoisotopic (exact) mass is 434 g/mol. The summed E-state index contributed by atoms with van der Waals surface area (Å²) in [5.74, 6) is 0.237. The fourth-order valence-corrected chi connectivity index (χ4v) is 2.82. The third-order valence-electron chi connectivity index (χ3n) is 3.74. The number of ether oxygens (including phenoxy) is 2. The first-order chi connectivity index (χ1) is 13.0. The molecule has 0 unspecified atom stereocenters. The number of nitrogens with one attached hydrogen (secondary N) is 2. The van der Waals surface area contributed by atoms with E-state index in [9.17, 15) is 9.59 Å². The average molecular weight is 435 g/mol. The summed E-state index contributed by atoms with van der Waals surface area (Å²) >= 11 is 3.39. The van der Waals surface area contributed by atoms with Crippen LogP contribution in [0.2, 0.25) is 0 Å². The standard InChI is InChI=1S/C20H23BrN2O4/c1-14-12-16(21)6-9-18(14)27-13-19(24)23-17-7-4-15(5-8-17)20(25)22-10-3-11-26-2/h4-9,12H,3,10-11,13H2,1-2H3,(H,22,25)(H,23,24). The number of halogens is 1. The molecule has 2 aromatic carbocycles. The molecule has 0 aromatic heterocycles. The van der Waals surface area contributed by atoms with E-state index in [0.717, 1.165) is 16.5 Å². The molecule has 0 atom stereocenters. The highest BCUT2D eigenvalue weighted by molar-refractivity contribution is 9.10. The van der Waals surface area contributed by atoms with E-state index in [1.165, 1.54) is 0 Å². The summed E-state index contributed by atoms with van der Waals surface area (Å²) in [7, 11) is 1.62. The predicted octanol–water partition coefficient (Wildman–Crippen LogP) is 3.54. The SMILES string of the molecule is COCCCNC(=O)c1ccc(NC(=O)COc2ccc(Br)cc2C)cc1. The Labute approximate surface area is 167 Å². The first-order valence-electron chi connectivity index (χ1n) is 8.55. The van der Waals surface area contributed by atoms with Crippen molar-refractivity contribution in [3.8, 4) is 5.75 Å². The van der Waals surface area contributed by atoms with Crippen LogP contribution in [0.4, 0.5) is 5.69 Å². The highest BCUT2D eigenvalue weighted by atomic mass is 79.9. The lowest BCUT2D eigenvalue weighted by atomic mass is 10.2. The van der Waals surface area contributed by atoms with Crippen LogP contribution in [0.1, 0.15) is 22.3 Å². The van der Waals surface area contributed by atoms with E-state index >= 15 is 0 Å². The maximum absolute atomic E-state index is 12.0. The van der Waals surface area contributed by atoms with Crippen molar-refractivity contribution >= 4 is 33.4 Å². The first kappa shape index (κ1) is 20.9. The number of aryl methyl sites for hydroxylation is 1. The second kappa shape index (κ2) is 10.7. The van der Waals surface area contributed by atoms with Crippen LogP contribution in [0.5, 0.6) is 5.75 Å². The molecule has 0 fully saturated rings. The van der Waals surface area contributed by atoms with Crippen LogP contribution in [0.25, 0.3) is 0 Å². The minimum absolute atomic E-state index is 0.0930. The predicted molar refractivity (Wildman–Crippen MR) is 108 cm³/mol. The van der Waals surface area contributed by atoms with Gasteiger partial charge in [0.15, 0.2) is 6.61 Å². The number of amides is 2. The fourth-order valence-electron chi connectivity index (χ4n) is 2.34. The Morgan fingerprint density at radius 2 is 1.85 bits per heavy atom. The van der Waals surface area contributed by atoms with Gasteiger partial charge >= 0.3 is 0 Å². The minimum Gasteiger partial charge on any atom is -0.483 e. The van der Waals surface area contributed by atoms with Gasteiger partial charge in [-0.15, -0.1) is 0 Å². The van der Waals surface area contributed by atoms with Crippen LogP contribution in [0, 0.1) is 6.92 Å². The van der Waals surface area contributed by atoms with E-state index in [4.69, 9.17) is 9.47 Å². The zero-order valence-electron chi connectivity index (χ0n) is 15.4. The van der Waals surface area contributed by atoms with Gasteiger partial charge in [-0.05, 0) is 61.4 Å². The minimum atomic E-state index is -0.269. The number of benzene rings is 2. The van der Waals surface area contributed by atoms with Crippen molar-refractivity contribution in [2.75, 3.05) is 32.2 Å². The Morgan fingerprint density at radius 1 is 1.11 bits per heavy atom. The highest BCUT2D eigenvalue weighted by Crippen LogP contribution is 2.22. The Kier molecular flexibility index (Phi) is 8.29. The van der Waals surface area contributed by atoms with Crippen LogP contribution in [-0.2, 0) is 9.53 Å². The van der Waals surface area contributed by atoms with Crippen molar-refractivity contribution < 1.29 is 19.1 Å². The molecule has 144 valence electrons. The summed E-state index contributed by atoms with van der Waals surface area (Å²) in [4.78, 5) is 24.0. The molecule has 6 nitrogen and oxygen atoms in total. The maximum Gasteiger partial charge on any atom is 0.262 e. The molecule has 2 aromatic rings. The molecule has 2 rings (SSSR count). The smallest absolute Gasteiger partial charge is 0.262 e. The molecule has 0 saturated heterocycles. The van der Waals surface area contributed by atoms with Gasteiger partial charge in [-0.25, -0.2) is 0 Å². The molecule has 0 spiro atoms. The van der Waals surface area contributed by atoms with Crippen molar-refractivity contribution in [1.82, 2.24) is 5.32 Å². The Hall–Kier alpha value is -2.38. The van der Waals surface area contributed by atoms with Crippen LogP contribution in [0.3, 0.4) is 0 Å². The summed E-state index contributed by atoms with van der Waals surface area (Å²) in [6.07, 6.45) is 0.758. The first-order valence-corrected chi connectivity index (χ1v) is 9.35. The van der Waals surface area contributed by atoms with Gasteiger partial charge in [0.2, 0.25) is 0 Å². The molecule has 27 heavy (non-hydrogen) atoms. The summed E-state index contributed by atoms with van der Waals surface area (Å²) in [5.41, 5.74) is 2.08. The Morgan fingerprint density at radius 3 is 2.52 bits per heavy atom. The zero-order valence-corrected chi connectivity index (χ0v) is 17.0. The van der Waals surface area contributed by atoms with Gasteiger partial charge in [-0.1, -0.05) is 15.9 Å². The van der Waals surface area contributed by atoms with Crippen molar-refractivity contribution in [2.24, 2.45) is 0 Å². The van der Waals surface area contributed by atoms with E-state index < -0.39 is 0 Å². The van der Waals surface area contributed by atoms with Crippen molar-refractivity contribution in [3.63, 3.8) is 0 Å². The van der Waals surface area contributed by atoms with Crippen molar-refractivity contribution in [1.29, 1.82) is 0 Å². The summed E-state index contributed by atoms with van der Waals surface area (Å²) < 4.78 is 11.4. The second-order valence-corrected chi connectivity index (χ2v) is 6.84. The van der Waals surface area contributed by atoms with Gasteiger partial charge in [0, 0.05) is 36.0 Å². The number of hydrogen-bond donors (Lipinski definition) is 2. The Balaban J connectivity index is 1.81. The van der Waals surface area contributed by atoms with Gasteiger partial charge in [0.25, 0.3) is 11.8 Å². The normalized spacial score (nSPS) is 10.3. The number of carbonyl (C=O) groups is 2. The van der Waals surface area contributed by atoms with Crippen LogP contribution in [-0.4, -0.2) is 38.7 Å². The largest absolute Gasteiger partial charge is 0.483 e. The van der Waals surface area contributed by atoms with Crippen LogP contribution >= 0.6 is 15.9 Å². The molecule has 7 heteroatoms. The summed E-state index contributed by atoms with van der Waals surface area (Å²) in [5, 5.41) is 5.56. The van der Waals surface area contributed by atoms with Crippen molar-refractivity contribution in [3.05, 3.63) is 58.1 Å². The molecular formula is C20H23BrN2O4. The van der Waals surface area contributed by atoms with E-state index in [-0.39, 0.29) is 18.4 Å². The molecule has 2 N–H and O–H groups in total. The molecule has 0 radical (unpaired) electrons. The second-order valence-electron chi connectivity index (χ2n) is 5.93. The molecular weight excluding hydrogens is 412 g/mol. The van der Waals surface area contributed by atoms with Gasteiger partial charge < -0.3 is 20.1 Å². The van der Waals surface area contributed by atoms with Gasteiger partial charge in [-0.2, -0.15) is 0 Å². The van der Waals surface area contributed by atoms with E-state index in [0.29, 0.717) is 30.2 Å². The molecule has 0 aliphatic rings. The third kappa shape index (κ3) is 7.03. The van der Waals surface area contributed by atoms with E-state index in [1.54, 1.807) is 31.4 Å². The lowest BCUT2D eigenvalue weighted by Gasteiger charge is -2.10. The highest BCUT2D eigenvalue weighted by Gasteiger charge is 2.08. The molecule has 0 aliphatic carbocycles. The number of hydrogen-bond acceptors (Lipinski definition) is 4. The molecule has 0 saturated carbocycles. The lowest BCUT2D eigenvalue weighted by Crippen LogP contribution is -2.25. The van der Waals surface area contributed by atoms with Gasteiger partial charge in [-0.3, -0.25) is 9.59 Å². The van der Waals surface area contributed by atoms with Crippen LogP contribution in [0.15, 0.2) is 46.9 Å². The Bertz CT molecular complexity index is 778. The van der Waals surface area contributed by atoms with Crippen molar-refractivity contribution in [2.45, 2.75) is 13.3 Å². The number of anilines is 1. The molecule has 2 amide bonds. The van der Waals surface area contributed by atoms with Gasteiger partial charge in [0.05, 0.1) is 0 Å². The quantitative estimate of drug-likeness (QED) is 0.591. The molecule has 0 aliphatic heterocycles. The third-order valence-corrected chi connectivity index (χ3v) is 4.23. The zero-order chi connectivity index (χ0) is 19.6. The lowest BCUT2D eigenvalue weighted by molar-refractivity contribution is -0.118. The van der Waals surface area contributed by atoms with E-state index in [2.05, 4.69) is 26.6 Å². The van der Waals surface area contributed by atoms with Gasteiger partial charge in [0.1, 0.15) is 5.75 Å². The number of methoxy groups -OCH3 is 1. The fraction of sp³-hybridized carbons (Fsp3) is 0.300. The number of carbonyl (C=O) groups excluding carboxylic acids is 2. The van der Waals surface area contributed by atoms with Crippen LogP contribution < -0.4 is 15.4 Å². The van der Waals surface area contributed by atoms with E-state index in [1.807, 2.05) is 25.1 Å². The molecule has 0 heterocycles. The topological polar surface area (TPSA) is 76.7 Å². The maximum atomic E-state index is 12.0. The number of rotatable bonds is 9. The average Bonchev–Trinajstić information content (AvgIpc) is 2.65. The summed E-state index contributed by atoms with van der Waals surface area (Å²) in [6, 6.07) is 12.3. The molecule has 0 bridgehead atoms. The summed E-state index contributed by atoms with van der Waals surface area (Å²) in [6.45, 7) is 2.98.